The highest BCUT2D eigenvalue weighted by Gasteiger charge is 2.15. The third-order valence-corrected chi connectivity index (χ3v) is 5.05. The van der Waals surface area contributed by atoms with Gasteiger partial charge in [-0.05, 0) is 19.1 Å². The van der Waals surface area contributed by atoms with Gasteiger partial charge in [0.1, 0.15) is 0 Å². The minimum Gasteiger partial charge on any atom is -0.298 e. The van der Waals surface area contributed by atoms with Gasteiger partial charge in [0.15, 0.2) is 5.13 Å². The summed E-state index contributed by atoms with van der Waals surface area (Å²) in [5, 5.41) is 20.2. The molecule has 0 aliphatic heterocycles. The normalized spacial score (nSPS) is 10.7. The number of rotatable bonds is 5. The molecular weight excluding hydrogens is 390 g/mol. The Labute approximate surface area is 169 Å². The molecule has 0 fully saturated rings. The summed E-state index contributed by atoms with van der Waals surface area (Å²) in [7, 11) is 0. The van der Waals surface area contributed by atoms with Crippen LogP contribution in [-0.2, 0) is 0 Å². The third-order valence-electron chi connectivity index (χ3n) is 4.29. The summed E-state index contributed by atoms with van der Waals surface area (Å²) in [5.74, 6) is -0.331. The fourth-order valence-corrected chi connectivity index (χ4v) is 3.48. The van der Waals surface area contributed by atoms with Gasteiger partial charge in [-0.25, -0.2) is 9.67 Å². The first-order valence-corrected chi connectivity index (χ1v) is 9.51. The van der Waals surface area contributed by atoms with Crippen LogP contribution < -0.4 is 5.32 Å². The van der Waals surface area contributed by atoms with Crippen LogP contribution in [-0.4, -0.2) is 25.6 Å². The Morgan fingerprint density at radius 1 is 1.21 bits per heavy atom. The Morgan fingerprint density at radius 2 is 2.00 bits per heavy atom. The summed E-state index contributed by atoms with van der Waals surface area (Å²) in [5.41, 5.74) is 3.05. The number of benzene rings is 2. The molecule has 2 heterocycles. The first kappa shape index (κ1) is 18.5. The molecule has 9 heteroatoms. The summed E-state index contributed by atoms with van der Waals surface area (Å²) < 4.78 is 1.62. The molecule has 2 aromatic heterocycles. The summed E-state index contributed by atoms with van der Waals surface area (Å²) >= 11 is 1.25. The second kappa shape index (κ2) is 7.64. The summed E-state index contributed by atoms with van der Waals surface area (Å²) in [4.78, 5) is 27.6. The van der Waals surface area contributed by atoms with Crippen molar-refractivity contribution in [3.05, 3.63) is 87.5 Å². The van der Waals surface area contributed by atoms with Crippen LogP contribution in [0.3, 0.4) is 0 Å². The van der Waals surface area contributed by atoms with Crippen LogP contribution >= 0.6 is 11.3 Å². The second-order valence-electron chi connectivity index (χ2n) is 6.26. The smallest absolute Gasteiger partial charge is 0.272 e. The number of thiazole rings is 1. The number of anilines is 1. The van der Waals surface area contributed by atoms with Gasteiger partial charge in [-0.2, -0.15) is 5.10 Å². The number of aromatic nitrogens is 3. The molecule has 0 unspecified atom stereocenters. The number of nitrogens with zero attached hydrogens (tertiary/aromatic N) is 4. The first-order chi connectivity index (χ1) is 14.0. The molecule has 0 saturated heterocycles. The average molecular weight is 405 g/mol. The van der Waals surface area contributed by atoms with Crippen molar-refractivity contribution < 1.29 is 9.72 Å². The molecule has 0 atom stereocenters. The molecule has 0 radical (unpaired) electrons. The van der Waals surface area contributed by atoms with Crippen molar-refractivity contribution >= 4 is 28.1 Å². The number of amides is 1. The molecule has 0 aliphatic rings. The first-order valence-electron chi connectivity index (χ1n) is 8.63. The van der Waals surface area contributed by atoms with E-state index in [1.54, 1.807) is 35.3 Å². The van der Waals surface area contributed by atoms with E-state index in [0.29, 0.717) is 27.5 Å². The van der Waals surface area contributed by atoms with Gasteiger partial charge in [-0.15, -0.1) is 11.3 Å². The van der Waals surface area contributed by atoms with Gasteiger partial charge in [0.2, 0.25) is 0 Å². The van der Waals surface area contributed by atoms with E-state index in [1.807, 2.05) is 30.3 Å². The number of nitrogens with one attached hydrogen (secondary N) is 1. The molecule has 29 heavy (non-hydrogen) atoms. The van der Waals surface area contributed by atoms with Gasteiger partial charge in [-0.1, -0.05) is 30.3 Å². The van der Waals surface area contributed by atoms with E-state index in [-0.39, 0.29) is 11.6 Å². The Morgan fingerprint density at radius 3 is 2.76 bits per heavy atom. The predicted molar refractivity (Wildman–Crippen MR) is 110 cm³/mol. The molecule has 4 rings (SSSR count). The largest absolute Gasteiger partial charge is 0.298 e. The van der Waals surface area contributed by atoms with E-state index in [2.05, 4.69) is 15.4 Å². The van der Waals surface area contributed by atoms with E-state index in [9.17, 15) is 14.9 Å². The van der Waals surface area contributed by atoms with Crippen LogP contribution in [0.25, 0.3) is 16.9 Å². The highest BCUT2D eigenvalue weighted by Crippen LogP contribution is 2.29. The van der Waals surface area contributed by atoms with E-state index in [1.165, 1.54) is 23.6 Å². The average Bonchev–Trinajstić information content (AvgIpc) is 3.39. The van der Waals surface area contributed by atoms with Gasteiger partial charge in [0.05, 0.1) is 28.1 Å². The maximum absolute atomic E-state index is 12.5. The minimum atomic E-state index is -0.418. The second-order valence-corrected chi connectivity index (χ2v) is 7.12. The molecule has 4 aromatic rings. The van der Waals surface area contributed by atoms with Crippen molar-refractivity contribution in [3.8, 4) is 16.9 Å². The Balaban J connectivity index is 1.51. The lowest BCUT2D eigenvalue weighted by atomic mass is 10.1. The fraction of sp³-hybridized carbons (Fsp3) is 0.0500. The van der Waals surface area contributed by atoms with Crippen LogP contribution in [0.5, 0.6) is 0 Å². The quantitative estimate of drug-likeness (QED) is 0.390. The summed E-state index contributed by atoms with van der Waals surface area (Å²) in [6.07, 6.45) is 3.13. The highest BCUT2D eigenvalue weighted by atomic mass is 32.1. The summed E-state index contributed by atoms with van der Waals surface area (Å²) in [6.45, 7) is 1.68. The van der Waals surface area contributed by atoms with E-state index < -0.39 is 4.92 Å². The van der Waals surface area contributed by atoms with Crippen LogP contribution in [0.15, 0.2) is 66.3 Å². The van der Waals surface area contributed by atoms with Crippen molar-refractivity contribution in [1.82, 2.24) is 14.8 Å². The topological polar surface area (TPSA) is 103 Å². The van der Waals surface area contributed by atoms with Gasteiger partial charge >= 0.3 is 0 Å². The van der Waals surface area contributed by atoms with Crippen molar-refractivity contribution in [3.63, 3.8) is 0 Å². The summed E-state index contributed by atoms with van der Waals surface area (Å²) in [6, 6.07) is 14.4. The Bertz CT molecular complexity index is 1200. The van der Waals surface area contributed by atoms with Gasteiger partial charge < -0.3 is 0 Å². The molecule has 2 aromatic carbocycles. The molecule has 0 bridgehead atoms. The molecule has 0 spiro atoms. The van der Waals surface area contributed by atoms with Crippen LogP contribution in [0.1, 0.15) is 15.9 Å². The maximum Gasteiger partial charge on any atom is 0.272 e. The number of para-hydroxylation sites is 1. The standard InChI is InChI=1S/C20H15N5O3S/c1-13-7-8-14(9-18(13)25(27)28)17-12-29-20(22-17)23-19(26)15-10-21-24(11-15)16-5-3-2-4-6-16/h2-12H,1H3,(H,22,23,26). The minimum absolute atomic E-state index is 0.0365. The zero-order valence-corrected chi connectivity index (χ0v) is 16.1. The third kappa shape index (κ3) is 3.90. The lowest BCUT2D eigenvalue weighted by Gasteiger charge is -2.01. The highest BCUT2D eigenvalue weighted by molar-refractivity contribution is 7.14. The van der Waals surface area contributed by atoms with Gasteiger partial charge in [0.25, 0.3) is 11.6 Å². The number of carbonyl (C=O) groups is 1. The Kier molecular flexibility index (Phi) is 4.88. The van der Waals surface area contributed by atoms with Crippen molar-refractivity contribution in [2.24, 2.45) is 0 Å². The molecule has 8 nitrogen and oxygen atoms in total. The van der Waals surface area contributed by atoms with E-state index in [4.69, 9.17) is 0 Å². The van der Waals surface area contributed by atoms with Crippen molar-refractivity contribution in [1.29, 1.82) is 0 Å². The van der Waals surface area contributed by atoms with Crippen LogP contribution in [0.2, 0.25) is 0 Å². The number of aryl methyl sites for hydroxylation is 1. The molecule has 0 saturated carbocycles. The SMILES string of the molecule is Cc1ccc(-c2csc(NC(=O)c3cnn(-c4ccccc4)c3)n2)cc1[N+](=O)[O-]. The van der Waals surface area contributed by atoms with Gasteiger partial charge in [0, 0.05) is 28.8 Å². The van der Waals surface area contributed by atoms with E-state index in [0.717, 1.165) is 5.69 Å². The van der Waals surface area contributed by atoms with E-state index >= 15 is 0 Å². The lowest BCUT2D eigenvalue weighted by molar-refractivity contribution is -0.385. The van der Waals surface area contributed by atoms with Crippen LogP contribution in [0.4, 0.5) is 10.8 Å². The monoisotopic (exact) mass is 405 g/mol. The molecular formula is C20H15N5O3S. The van der Waals surface area contributed by atoms with Gasteiger partial charge in [-0.3, -0.25) is 20.2 Å². The van der Waals surface area contributed by atoms with Crippen LogP contribution in [0, 0.1) is 17.0 Å². The molecule has 0 aliphatic carbocycles. The zero-order valence-electron chi connectivity index (χ0n) is 15.3. The molecule has 1 N–H and O–H groups in total. The zero-order chi connectivity index (χ0) is 20.4. The Hall–Kier alpha value is -3.85. The predicted octanol–water partition coefficient (Wildman–Crippen LogP) is 4.46. The number of hydrogen-bond acceptors (Lipinski definition) is 6. The van der Waals surface area contributed by atoms with Crippen molar-refractivity contribution in [2.75, 3.05) is 5.32 Å². The molecule has 144 valence electrons. The molecule has 1 amide bonds. The fourth-order valence-electron chi connectivity index (χ4n) is 2.76. The number of nitro groups is 1. The maximum atomic E-state index is 12.5. The number of carbonyl (C=O) groups excluding carboxylic acids is 1. The number of nitro benzene ring substituents is 1. The number of hydrogen-bond donors (Lipinski definition) is 1. The van der Waals surface area contributed by atoms with Crippen molar-refractivity contribution in [2.45, 2.75) is 6.92 Å². The lowest BCUT2D eigenvalue weighted by Crippen LogP contribution is -2.10.